The number of aromatic nitrogens is 2. The van der Waals surface area contributed by atoms with Gasteiger partial charge >= 0.3 is 6.18 Å². The van der Waals surface area contributed by atoms with Crippen LogP contribution in [-0.2, 0) is 17.5 Å². The molecule has 0 aliphatic carbocycles. The first-order valence-electron chi connectivity index (χ1n) is 10.4. The molecule has 31 heavy (non-hydrogen) atoms. The number of rotatable bonds is 2. The number of anilines is 1. The Morgan fingerprint density at radius 1 is 1.19 bits per heavy atom. The van der Waals surface area contributed by atoms with Gasteiger partial charge in [0.15, 0.2) is 0 Å². The Morgan fingerprint density at radius 3 is 2.65 bits per heavy atom. The molecule has 0 bridgehead atoms. The molecular weight excluding hydrogens is 429 g/mol. The maximum atomic E-state index is 13.3. The Labute approximate surface area is 183 Å². The number of piperidine rings is 1. The zero-order valence-corrected chi connectivity index (χ0v) is 18.0. The fourth-order valence-electron chi connectivity index (χ4n) is 5.18. The first-order chi connectivity index (χ1) is 14.6. The molecule has 0 saturated carbocycles. The highest BCUT2D eigenvalue weighted by Crippen LogP contribution is 2.46. The smallest absolute Gasteiger partial charge is 0.371 e. The molecular formula is C22H22ClF3N4O. The van der Waals surface area contributed by atoms with E-state index in [-0.39, 0.29) is 23.8 Å². The molecule has 0 aromatic carbocycles. The first-order valence-corrected chi connectivity index (χ1v) is 10.8. The van der Waals surface area contributed by atoms with E-state index < -0.39 is 11.9 Å². The summed E-state index contributed by atoms with van der Waals surface area (Å²) >= 11 is 6.37. The van der Waals surface area contributed by atoms with Crippen LogP contribution in [0, 0.1) is 25.7 Å². The molecule has 2 saturated heterocycles. The molecule has 5 rings (SSSR count). The van der Waals surface area contributed by atoms with Crippen molar-refractivity contribution in [2.45, 2.75) is 45.5 Å². The Balaban J connectivity index is 1.29. The largest absolute Gasteiger partial charge is 0.433 e. The summed E-state index contributed by atoms with van der Waals surface area (Å²) in [6.07, 6.45) is -1.66. The SMILES string of the molecule is Cc1nc2c(c(C)c1Cl)CN1C(=O)C(C3CN(c4ccnc(C(F)(F)F)c4)C3)CCC21. The first kappa shape index (κ1) is 20.5. The Bertz CT molecular complexity index is 1070. The number of carbonyl (C=O) groups is 1. The zero-order chi connectivity index (χ0) is 22.1. The van der Waals surface area contributed by atoms with Crippen LogP contribution in [0.2, 0.25) is 5.02 Å². The van der Waals surface area contributed by atoms with E-state index in [0.29, 0.717) is 30.3 Å². The Kier molecular flexibility index (Phi) is 4.70. The van der Waals surface area contributed by atoms with E-state index in [9.17, 15) is 18.0 Å². The van der Waals surface area contributed by atoms with E-state index >= 15 is 0 Å². The van der Waals surface area contributed by atoms with Gasteiger partial charge in [0.25, 0.3) is 0 Å². The van der Waals surface area contributed by atoms with E-state index in [2.05, 4.69) is 9.97 Å². The van der Waals surface area contributed by atoms with Gasteiger partial charge in [-0.3, -0.25) is 14.8 Å². The number of nitrogens with zero attached hydrogens (tertiary/aromatic N) is 4. The second kappa shape index (κ2) is 7.08. The van der Waals surface area contributed by atoms with Gasteiger partial charge in [-0.1, -0.05) is 11.6 Å². The van der Waals surface area contributed by atoms with Gasteiger partial charge in [0.2, 0.25) is 5.91 Å². The highest BCUT2D eigenvalue weighted by atomic mass is 35.5. The summed E-state index contributed by atoms with van der Waals surface area (Å²) in [6.45, 7) is 5.54. The molecule has 3 aliphatic rings. The molecule has 1 amide bonds. The van der Waals surface area contributed by atoms with Crippen molar-refractivity contribution in [3.63, 3.8) is 0 Å². The highest BCUT2D eigenvalue weighted by Gasteiger charge is 2.47. The van der Waals surface area contributed by atoms with Crippen molar-refractivity contribution in [2.75, 3.05) is 18.0 Å². The molecule has 2 unspecified atom stereocenters. The minimum Gasteiger partial charge on any atom is -0.371 e. The lowest BCUT2D eigenvalue weighted by Gasteiger charge is -2.47. The van der Waals surface area contributed by atoms with Crippen molar-refractivity contribution in [1.29, 1.82) is 0 Å². The third-order valence-corrected chi connectivity index (χ3v) is 7.50. The van der Waals surface area contributed by atoms with Crippen LogP contribution < -0.4 is 4.90 Å². The van der Waals surface area contributed by atoms with Crippen LogP contribution in [0.3, 0.4) is 0 Å². The number of fused-ring (bicyclic) bond motifs is 3. The molecule has 0 radical (unpaired) electrons. The lowest BCUT2D eigenvalue weighted by Crippen LogP contribution is -2.55. The predicted octanol–water partition coefficient (Wildman–Crippen LogP) is 4.70. The second-order valence-corrected chi connectivity index (χ2v) is 9.11. The predicted molar refractivity (Wildman–Crippen MR) is 110 cm³/mol. The topological polar surface area (TPSA) is 49.3 Å². The highest BCUT2D eigenvalue weighted by molar-refractivity contribution is 6.32. The monoisotopic (exact) mass is 450 g/mol. The summed E-state index contributed by atoms with van der Waals surface area (Å²) in [4.78, 5) is 25.2. The van der Waals surface area contributed by atoms with Crippen molar-refractivity contribution in [2.24, 2.45) is 11.8 Å². The van der Waals surface area contributed by atoms with Crippen LogP contribution in [0.5, 0.6) is 0 Å². The number of hydrogen-bond donors (Lipinski definition) is 0. The maximum Gasteiger partial charge on any atom is 0.433 e. The average Bonchev–Trinajstić information content (AvgIpc) is 3.06. The van der Waals surface area contributed by atoms with Crippen molar-refractivity contribution >= 4 is 23.2 Å². The second-order valence-electron chi connectivity index (χ2n) is 8.73. The van der Waals surface area contributed by atoms with Gasteiger partial charge in [0.1, 0.15) is 5.69 Å². The minimum absolute atomic E-state index is 0.000798. The number of hydrogen-bond acceptors (Lipinski definition) is 4. The third-order valence-electron chi connectivity index (χ3n) is 6.95. The van der Waals surface area contributed by atoms with Crippen molar-refractivity contribution in [1.82, 2.24) is 14.9 Å². The van der Waals surface area contributed by atoms with Gasteiger partial charge in [-0.15, -0.1) is 0 Å². The molecule has 2 atom stereocenters. The fraction of sp³-hybridized carbons (Fsp3) is 0.500. The molecule has 5 heterocycles. The lowest BCUT2D eigenvalue weighted by atomic mass is 9.78. The lowest BCUT2D eigenvalue weighted by molar-refractivity contribution is -0.144. The number of aryl methyl sites for hydroxylation is 1. The van der Waals surface area contributed by atoms with Gasteiger partial charge < -0.3 is 9.80 Å². The minimum atomic E-state index is -4.47. The van der Waals surface area contributed by atoms with Gasteiger partial charge in [-0.25, -0.2) is 0 Å². The summed E-state index contributed by atoms with van der Waals surface area (Å²) in [7, 11) is 0. The van der Waals surface area contributed by atoms with E-state index in [1.54, 1.807) is 6.07 Å². The molecule has 5 nitrogen and oxygen atoms in total. The van der Waals surface area contributed by atoms with E-state index in [1.807, 2.05) is 23.6 Å². The molecule has 0 N–H and O–H groups in total. The molecule has 9 heteroatoms. The summed E-state index contributed by atoms with van der Waals surface area (Å²) in [6, 6.07) is 2.66. The normalized spacial score (nSPS) is 23.6. The molecule has 2 fully saturated rings. The Morgan fingerprint density at radius 2 is 1.94 bits per heavy atom. The summed E-state index contributed by atoms with van der Waals surface area (Å²) < 4.78 is 38.8. The van der Waals surface area contributed by atoms with Crippen LogP contribution >= 0.6 is 11.6 Å². The Hall–Kier alpha value is -2.35. The fourth-order valence-corrected chi connectivity index (χ4v) is 5.34. The van der Waals surface area contributed by atoms with E-state index in [4.69, 9.17) is 11.6 Å². The van der Waals surface area contributed by atoms with E-state index in [1.165, 1.54) is 6.20 Å². The van der Waals surface area contributed by atoms with Gasteiger partial charge in [-0.05, 0) is 49.9 Å². The van der Waals surface area contributed by atoms with Crippen molar-refractivity contribution in [3.8, 4) is 0 Å². The molecule has 3 aliphatic heterocycles. The van der Waals surface area contributed by atoms with Crippen LogP contribution in [0.25, 0.3) is 0 Å². The number of amides is 1. The van der Waals surface area contributed by atoms with E-state index in [0.717, 1.165) is 41.4 Å². The van der Waals surface area contributed by atoms with Gasteiger partial charge in [-0.2, -0.15) is 13.2 Å². The van der Waals surface area contributed by atoms with Crippen LogP contribution in [0.4, 0.5) is 18.9 Å². The van der Waals surface area contributed by atoms with Gasteiger partial charge in [0, 0.05) is 43.4 Å². The molecule has 2 aromatic rings. The summed E-state index contributed by atoms with van der Waals surface area (Å²) in [5.74, 6) is 0.152. The van der Waals surface area contributed by atoms with Crippen LogP contribution in [0.15, 0.2) is 18.3 Å². The van der Waals surface area contributed by atoms with Crippen molar-refractivity contribution < 1.29 is 18.0 Å². The van der Waals surface area contributed by atoms with Crippen LogP contribution in [0.1, 0.15) is 47.1 Å². The number of carbonyl (C=O) groups excluding carboxylic acids is 1. The third kappa shape index (κ3) is 3.26. The summed E-state index contributed by atoms with van der Waals surface area (Å²) in [5.41, 5.74) is 3.42. The standard InChI is InChI=1S/C22H22ClF3N4O/c1-11-16-10-30-17(20(16)28-12(2)19(11)23)4-3-15(21(30)31)13-8-29(9-13)14-5-6-27-18(7-14)22(24,25)26/h5-7,13,15,17H,3-4,8-10H2,1-2H3. The zero-order valence-electron chi connectivity index (χ0n) is 17.2. The molecule has 0 spiro atoms. The van der Waals surface area contributed by atoms with Crippen LogP contribution in [-0.4, -0.2) is 33.9 Å². The average molecular weight is 451 g/mol. The number of alkyl halides is 3. The van der Waals surface area contributed by atoms with Gasteiger partial charge in [0.05, 0.1) is 22.5 Å². The summed E-state index contributed by atoms with van der Waals surface area (Å²) in [5, 5.41) is 0.660. The number of halogens is 4. The van der Waals surface area contributed by atoms with Crippen molar-refractivity contribution in [3.05, 3.63) is 51.6 Å². The molecule has 2 aromatic heterocycles. The quantitative estimate of drug-likeness (QED) is 0.665. The maximum absolute atomic E-state index is 13.3. The number of pyridine rings is 2. The molecule has 164 valence electrons.